The van der Waals surface area contributed by atoms with Crippen LogP contribution in [0.1, 0.15) is 77.8 Å². The summed E-state index contributed by atoms with van der Waals surface area (Å²) >= 11 is 0. The van der Waals surface area contributed by atoms with Crippen molar-refractivity contribution >= 4 is 45.5 Å². The summed E-state index contributed by atoms with van der Waals surface area (Å²) in [5, 5.41) is 30.5. The Balaban J connectivity index is 1.53. The summed E-state index contributed by atoms with van der Waals surface area (Å²) < 4.78 is 36.2. The predicted molar refractivity (Wildman–Crippen MR) is 233 cm³/mol. The van der Waals surface area contributed by atoms with E-state index in [2.05, 4.69) is 21.3 Å². The number of aryl methyl sites for hydroxylation is 1. The van der Waals surface area contributed by atoms with Crippen LogP contribution < -0.4 is 21.3 Å². The van der Waals surface area contributed by atoms with Crippen LogP contribution in [-0.2, 0) is 60.6 Å². The number of carboxylic acid groups (broad SMARTS) is 1. The van der Waals surface area contributed by atoms with Crippen LogP contribution >= 0.6 is 0 Å². The lowest BCUT2D eigenvalue weighted by atomic mass is 9.85. The standard InChI is InChI=1S/C45H65N5O12S/c1-29(2)24-35(40(52)45(5,58)28-62-63(59,60)38-19-17-33(38)44(56)57)47-43(55)37(26-32-14-10-7-11-15-32)49-42(54)36(25-30(3)4)48-41(53)34(18-16-31-12-8-6-9-13-31)46-39(51)27-50-20-22-61-23-21-50/h6-15,29-30,33-38,58H,16-28H2,1-5H3,(H,46,51)(H,47,55)(H,48,53)(H,49,54)(H,56,57)/t33?,34-,35-,36-,37-,38?,45+/m0/s1. The number of aliphatic carboxylic acids is 1. The van der Waals surface area contributed by atoms with Gasteiger partial charge in [-0.15, -0.1) is 0 Å². The zero-order valence-corrected chi connectivity index (χ0v) is 37.7. The van der Waals surface area contributed by atoms with Crippen LogP contribution in [0.4, 0.5) is 0 Å². The first kappa shape index (κ1) is 50.9. The van der Waals surface area contributed by atoms with Crippen molar-refractivity contribution < 1.29 is 56.3 Å². The molecule has 0 spiro atoms. The predicted octanol–water partition coefficient (Wildman–Crippen LogP) is 1.76. The van der Waals surface area contributed by atoms with Gasteiger partial charge in [0.2, 0.25) is 23.6 Å². The summed E-state index contributed by atoms with van der Waals surface area (Å²) in [7, 11) is -4.46. The van der Waals surface area contributed by atoms with Gasteiger partial charge in [0.05, 0.1) is 37.0 Å². The highest BCUT2D eigenvalue weighted by Gasteiger charge is 2.48. The Labute approximate surface area is 370 Å². The second-order valence-electron chi connectivity index (χ2n) is 17.6. The Bertz CT molecular complexity index is 1960. The van der Waals surface area contributed by atoms with Crippen molar-refractivity contribution in [2.45, 2.75) is 115 Å². The highest BCUT2D eigenvalue weighted by Crippen LogP contribution is 2.35. The Hall–Kier alpha value is -4.75. The summed E-state index contributed by atoms with van der Waals surface area (Å²) in [5.74, 6) is -6.08. The van der Waals surface area contributed by atoms with Crippen molar-refractivity contribution in [1.82, 2.24) is 26.2 Å². The molecular weight excluding hydrogens is 835 g/mol. The van der Waals surface area contributed by atoms with Gasteiger partial charge in [0.25, 0.3) is 10.1 Å². The molecule has 1 aliphatic carbocycles. The zero-order valence-electron chi connectivity index (χ0n) is 36.9. The van der Waals surface area contributed by atoms with Gasteiger partial charge in [-0.3, -0.25) is 37.9 Å². The average Bonchev–Trinajstić information content (AvgIpc) is 3.20. The molecule has 6 N–H and O–H groups in total. The number of carbonyl (C=O) groups excluding carboxylic acids is 5. The van der Waals surface area contributed by atoms with E-state index in [9.17, 15) is 47.4 Å². The molecule has 18 heteroatoms. The number of morpholine rings is 1. The summed E-state index contributed by atoms with van der Waals surface area (Å²) in [4.78, 5) is 83.2. The topological polar surface area (TPSA) is 247 Å². The number of amides is 4. The second kappa shape index (κ2) is 23.8. The molecule has 1 saturated heterocycles. The third-order valence-electron chi connectivity index (χ3n) is 11.2. The van der Waals surface area contributed by atoms with Crippen LogP contribution in [0.3, 0.4) is 0 Å². The molecule has 348 valence electrons. The number of aliphatic hydroxyl groups is 1. The first-order valence-electron chi connectivity index (χ1n) is 21.7. The van der Waals surface area contributed by atoms with Crippen molar-refractivity contribution in [3.05, 3.63) is 71.8 Å². The summed E-state index contributed by atoms with van der Waals surface area (Å²) in [6, 6.07) is 13.5. The van der Waals surface area contributed by atoms with Crippen molar-refractivity contribution in [3.63, 3.8) is 0 Å². The van der Waals surface area contributed by atoms with E-state index in [0.29, 0.717) is 38.3 Å². The molecule has 0 radical (unpaired) electrons. The molecule has 0 bridgehead atoms. The Kier molecular flexibility index (Phi) is 19.2. The zero-order chi connectivity index (χ0) is 46.3. The van der Waals surface area contributed by atoms with Gasteiger partial charge >= 0.3 is 5.97 Å². The van der Waals surface area contributed by atoms with Gasteiger partial charge in [0.1, 0.15) is 30.3 Å². The first-order chi connectivity index (χ1) is 29.7. The highest BCUT2D eigenvalue weighted by molar-refractivity contribution is 7.87. The van der Waals surface area contributed by atoms with Gasteiger partial charge < -0.3 is 36.2 Å². The summed E-state index contributed by atoms with van der Waals surface area (Å²) in [6.07, 6.45) is 1.09. The Morgan fingerprint density at radius 2 is 1.29 bits per heavy atom. The van der Waals surface area contributed by atoms with Crippen LogP contribution in [0.25, 0.3) is 0 Å². The van der Waals surface area contributed by atoms with Crippen molar-refractivity contribution in [2.75, 3.05) is 39.5 Å². The normalized spacial score (nSPS) is 19.7. The van der Waals surface area contributed by atoms with Gasteiger partial charge in [-0.25, -0.2) is 0 Å². The number of carbonyl (C=O) groups is 6. The SMILES string of the molecule is CC(C)C[C@H](NC(=O)[C@H](CCc1ccccc1)NC(=O)CN1CCOCC1)C(=O)N[C@@H](Cc1ccccc1)C(=O)N[C@@H](CC(C)C)C(=O)[C@](C)(O)COS(=O)(=O)C1CCC1C(=O)O. The van der Waals surface area contributed by atoms with Gasteiger partial charge in [0.15, 0.2) is 5.78 Å². The lowest BCUT2D eigenvalue weighted by Crippen LogP contribution is -2.60. The number of nitrogens with one attached hydrogen (secondary N) is 4. The Morgan fingerprint density at radius 3 is 1.84 bits per heavy atom. The molecule has 2 aromatic carbocycles. The van der Waals surface area contributed by atoms with Crippen molar-refractivity contribution in [2.24, 2.45) is 17.8 Å². The number of ketones is 1. The van der Waals surface area contributed by atoms with Crippen LogP contribution in [0.5, 0.6) is 0 Å². The Morgan fingerprint density at radius 1 is 0.762 bits per heavy atom. The van der Waals surface area contributed by atoms with Crippen LogP contribution in [0.2, 0.25) is 0 Å². The third kappa shape index (κ3) is 16.1. The number of hydrogen-bond donors (Lipinski definition) is 6. The molecule has 4 amide bonds. The molecule has 1 saturated carbocycles. The van der Waals surface area contributed by atoms with Gasteiger partial charge in [-0.2, -0.15) is 8.42 Å². The fourth-order valence-corrected chi connectivity index (χ4v) is 9.19. The molecular formula is C45H65N5O12S. The van der Waals surface area contributed by atoms with Gasteiger partial charge in [-0.05, 0) is 68.4 Å². The lowest BCUT2D eigenvalue weighted by Gasteiger charge is -2.34. The molecule has 63 heavy (non-hydrogen) atoms. The molecule has 4 rings (SSSR count). The maximum atomic E-state index is 14.3. The smallest absolute Gasteiger partial charge is 0.307 e. The lowest BCUT2D eigenvalue weighted by molar-refractivity contribution is -0.145. The summed E-state index contributed by atoms with van der Waals surface area (Å²) in [6.45, 7) is 9.56. The molecule has 17 nitrogen and oxygen atoms in total. The number of nitrogens with zero attached hydrogens (tertiary/aromatic N) is 1. The minimum absolute atomic E-state index is 0.0233. The van der Waals surface area contributed by atoms with E-state index in [1.807, 2.05) is 49.1 Å². The molecule has 7 atom stereocenters. The molecule has 2 aliphatic rings. The minimum atomic E-state index is -4.46. The number of rotatable bonds is 25. The molecule has 0 aromatic heterocycles. The van der Waals surface area contributed by atoms with Crippen molar-refractivity contribution in [3.8, 4) is 0 Å². The summed E-state index contributed by atoms with van der Waals surface area (Å²) in [5.41, 5.74) is -0.804. The number of benzene rings is 2. The maximum absolute atomic E-state index is 14.3. The van der Waals surface area contributed by atoms with Gasteiger partial charge in [0, 0.05) is 19.5 Å². The second-order valence-corrected chi connectivity index (χ2v) is 19.4. The molecule has 2 fully saturated rings. The third-order valence-corrected chi connectivity index (χ3v) is 13.0. The maximum Gasteiger partial charge on any atom is 0.307 e. The minimum Gasteiger partial charge on any atom is -0.481 e. The largest absolute Gasteiger partial charge is 0.481 e. The number of ether oxygens (including phenoxy) is 1. The van der Waals surface area contributed by atoms with Crippen LogP contribution in [0, 0.1) is 17.8 Å². The number of hydrogen-bond acceptors (Lipinski definition) is 12. The fourth-order valence-electron chi connectivity index (χ4n) is 7.54. The van der Waals surface area contributed by atoms with E-state index in [4.69, 9.17) is 8.92 Å². The molecule has 1 aliphatic heterocycles. The quantitative estimate of drug-likeness (QED) is 0.0780. The van der Waals surface area contributed by atoms with E-state index in [0.717, 1.165) is 12.5 Å². The first-order valence-corrected chi connectivity index (χ1v) is 23.2. The molecule has 2 unspecified atom stereocenters. The molecule has 2 aromatic rings. The number of Topliss-reactive ketones (excluding diaryl/α,β-unsaturated/α-hetero) is 1. The van der Waals surface area contributed by atoms with E-state index in [1.54, 1.807) is 44.2 Å². The van der Waals surface area contributed by atoms with E-state index < -0.39 is 87.1 Å². The van der Waals surface area contributed by atoms with E-state index in [-0.39, 0.29) is 62.8 Å². The van der Waals surface area contributed by atoms with E-state index in [1.165, 1.54) is 0 Å². The average molecular weight is 900 g/mol. The van der Waals surface area contributed by atoms with Gasteiger partial charge in [-0.1, -0.05) is 88.4 Å². The molecule has 1 heterocycles. The number of carboxylic acids is 1. The monoisotopic (exact) mass is 899 g/mol. The fraction of sp³-hybridized carbons (Fsp3) is 0.600. The van der Waals surface area contributed by atoms with Crippen molar-refractivity contribution in [1.29, 1.82) is 0 Å². The highest BCUT2D eigenvalue weighted by atomic mass is 32.2. The van der Waals surface area contributed by atoms with E-state index >= 15 is 0 Å². The van der Waals surface area contributed by atoms with Crippen LogP contribution in [0.15, 0.2) is 60.7 Å². The van der Waals surface area contributed by atoms with Crippen LogP contribution in [-0.4, -0.2) is 133 Å².